The molecule has 4 heteroatoms. The Kier molecular flexibility index (Phi) is 4.73. The lowest BCUT2D eigenvalue weighted by molar-refractivity contribution is -0.0651. The van der Waals surface area contributed by atoms with Gasteiger partial charge in [-0.15, -0.1) is 0 Å². The Morgan fingerprint density at radius 2 is 1.88 bits per heavy atom. The topological polar surface area (TPSA) is 73.3 Å². The van der Waals surface area contributed by atoms with E-state index in [1.807, 2.05) is 0 Å². The van der Waals surface area contributed by atoms with Crippen molar-refractivity contribution in [1.29, 1.82) is 0 Å². The summed E-state index contributed by atoms with van der Waals surface area (Å²) < 4.78 is 0. The zero-order valence-corrected chi connectivity index (χ0v) is 20.4. The third-order valence-electron chi connectivity index (χ3n) is 9.86. The second-order valence-electron chi connectivity index (χ2n) is 11.9. The molecule has 0 radical (unpaired) electrons. The Balaban J connectivity index is 1.46. The number of aromatic amines is 1. The van der Waals surface area contributed by atoms with Gasteiger partial charge in [0.15, 0.2) is 0 Å². The largest absolute Gasteiger partial charge is 0.393 e. The molecule has 4 aliphatic carbocycles. The maximum absolute atomic E-state index is 12.4. The van der Waals surface area contributed by atoms with Gasteiger partial charge < -0.3 is 15.2 Å². The number of H-pyrrole nitrogens is 1. The number of allylic oxidation sites excluding steroid dienone is 3. The minimum absolute atomic E-state index is 0.0850. The van der Waals surface area contributed by atoms with Crippen LogP contribution in [0.4, 0.5) is 0 Å². The molecule has 34 heavy (non-hydrogen) atoms. The lowest BCUT2D eigenvalue weighted by Crippen LogP contribution is -2.55. The van der Waals surface area contributed by atoms with E-state index < -0.39 is 5.60 Å². The van der Waals surface area contributed by atoms with Gasteiger partial charge in [-0.2, -0.15) is 0 Å². The summed E-state index contributed by atoms with van der Waals surface area (Å²) in [5.41, 5.74) is 3.43. The number of aromatic nitrogens is 1. The Hall–Kier alpha value is -2.43. The van der Waals surface area contributed by atoms with Crippen LogP contribution in [0.2, 0.25) is 0 Å². The monoisotopic (exact) mass is 457 g/mol. The second-order valence-corrected chi connectivity index (χ2v) is 11.9. The maximum Gasteiger partial charge on any atom is 0.248 e. The first-order valence-electron chi connectivity index (χ1n) is 12.8. The molecule has 4 aliphatic rings. The number of pyridine rings is 1. The van der Waals surface area contributed by atoms with Gasteiger partial charge in [0.25, 0.3) is 0 Å². The van der Waals surface area contributed by atoms with Gasteiger partial charge in [0.05, 0.1) is 11.7 Å². The first-order valence-corrected chi connectivity index (χ1v) is 12.8. The van der Waals surface area contributed by atoms with E-state index in [9.17, 15) is 15.0 Å². The van der Waals surface area contributed by atoms with E-state index in [4.69, 9.17) is 0 Å². The number of rotatable bonds is 1. The molecule has 0 spiro atoms. The highest BCUT2D eigenvalue weighted by Gasteiger charge is 2.62. The van der Waals surface area contributed by atoms with Crippen LogP contribution in [0.5, 0.6) is 0 Å². The summed E-state index contributed by atoms with van der Waals surface area (Å²) in [5, 5.41) is 24.6. The summed E-state index contributed by atoms with van der Waals surface area (Å²) in [6, 6.07) is 8.04. The summed E-state index contributed by atoms with van der Waals surface area (Å²) in [6.07, 6.45) is 13.6. The molecule has 178 valence electrons. The average Bonchev–Trinajstić information content (AvgIpc) is 3.10. The lowest BCUT2D eigenvalue weighted by Gasteiger charge is -2.56. The van der Waals surface area contributed by atoms with Gasteiger partial charge in [-0.25, -0.2) is 0 Å². The van der Waals surface area contributed by atoms with Crippen LogP contribution in [-0.2, 0) is 0 Å². The molecule has 1 aromatic carbocycles. The van der Waals surface area contributed by atoms with Crippen LogP contribution in [0.15, 0.2) is 64.6 Å². The van der Waals surface area contributed by atoms with Crippen LogP contribution in [0.3, 0.4) is 0 Å². The van der Waals surface area contributed by atoms with E-state index in [0.717, 1.165) is 60.4 Å². The van der Waals surface area contributed by atoms with Crippen molar-refractivity contribution in [3.63, 3.8) is 0 Å². The number of benzene rings is 1. The number of aliphatic hydroxyl groups excluding tert-OH is 1. The van der Waals surface area contributed by atoms with Gasteiger partial charge in [-0.05, 0) is 83.4 Å². The lowest BCUT2D eigenvalue weighted by atomic mass is 9.49. The fourth-order valence-corrected chi connectivity index (χ4v) is 7.66. The van der Waals surface area contributed by atoms with Crippen molar-refractivity contribution in [2.75, 3.05) is 0 Å². The highest BCUT2D eigenvalue weighted by Crippen LogP contribution is 2.67. The molecule has 0 saturated heterocycles. The van der Waals surface area contributed by atoms with E-state index in [0.29, 0.717) is 5.92 Å². The Bertz CT molecular complexity index is 1330. The van der Waals surface area contributed by atoms with Crippen molar-refractivity contribution < 1.29 is 10.2 Å². The summed E-state index contributed by atoms with van der Waals surface area (Å²) in [7, 11) is 0. The number of nitrogens with one attached hydrogen (secondary N) is 1. The molecular weight excluding hydrogens is 422 g/mol. The summed E-state index contributed by atoms with van der Waals surface area (Å²) in [5.74, 6) is 0.558. The van der Waals surface area contributed by atoms with Crippen LogP contribution in [-0.4, -0.2) is 26.9 Å². The van der Waals surface area contributed by atoms with Crippen LogP contribution >= 0.6 is 0 Å². The number of aliphatic hydroxyl groups is 2. The van der Waals surface area contributed by atoms with Gasteiger partial charge in [0.1, 0.15) is 0 Å². The van der Waals surface area contributed by atoms with Crippen molar-refractivity contribution in [3.8, 4) is 0 Å². The first-order chi connectivity index (χ1) is 16.1. The number of hydrogen-bond donors (Lipinski definition) is 3. The number of hydrogen-bond acceptors (Lipinski definition) is 3. The molecule has 0 amide bonds. The predicted octanol–water partition coefficient (Wildman–Crippen LogP) is 5.52. The highest BCUT2D eigenvalue weighted by molar-refractivity contribution is 5.87. The second kappa shape index (κ2) is 7.29. The van der Waals surface area contributed by atoms with Crippen LogP contribution in [0, 0.1) is 22.7 Å². The van der Waals surface area contributed by atoms with Gasteiger partial charge in [0, 0.05) is 23.6 Å². The molecule has 0 bridgehead atoms. The van der Waals surface area contributed by atoms with Gasteiger partial charge in [0.2, 0.25) is 5.56 Å². The third kappa shape index (κ3) is 3.01. The zero-order valence-electron chi connectivity index (χ0n) is 20.4. The van der Waals surface area contributed by atoms with Crippen molar-refractivity contribution in [3.05, 3.63) is 75.8 Å². The molecule has 1 heterocycles. The normalized spacial score (nSPS) is 36.5. The zero-order chi connectivity index (χ0) is 23.9. The molecule has 3 N–H and O–H groups in total. The van der Waals surface area contributed by atoms with Crippen molar-refractivity contribution in [1.82, 2.24) is 4.98 Å². The number of fused-ring (bicyclic) bond motifs is 5. The first kappa shape index (κ1) is 22.1. The molecule has 4 nitrogen and oxygen atoms in total. The Morgan fingerprint density at radius 1 is 1.06 bits per heavy atom. The van der Waals surface area contributed by atoms with E-state index in [2.05, 4.69) is 62.2 Å². The predicted molar refractivity (Wildman–Crippen MR) is 136 cm³/mol. The molecule has 1 aromatic heterocycles. The maximum atomic E-state index is 12.4. The molecular formula is C30H35NO3. The van der Waals surface area contributed by atoms with Crippen LogP contribution < -0.4 is 5.56 Å². The Morgan fingerprint density at radius 3 is 2.71 bits per heavy atom. The molecule has 2 aromatic rings. The van der Waals surface area contributed by atoms with Crippen LogP contribution in [0.25, 0.3) is 16.3 Å². The van der Waals surface area contributed by atoms with Gasteiger partial charge in [-0.1, -0.05) is 56.7 Å². The fourth-order valence-electron chi connectivity index (χ4n) is 7.66. The minimum Gasteiger partial charge on any atom is -0.393 e. The van der Waals surface area contributed by atoms with Crippen molar-refractivity contribution in [2.24, 2.45) is 22.7 Å². The Labute approximate surface area is 201 Å². The molecule has 4 unspecified atom stereocenters. The van der Waals surface area contributed by atoms with Gasteiger partial charge in [-0.3, -0.25) is 4.79 Å². The van der Waals surface area contributed by atoms with E-state index in [1.165, 1.54) is 11.1 Å². The van der Waals surface area contributed by atoms with Crippen molar-refractivity contribution >= 4 is 16.3 Å². The van der Waals surface area contributed by atoms with E-state index >= 15 is 0 Å². The molecule has 1 saturated carbocycles. The van der Waals surface area contributed by atoms with E-state index in [-0.39, 0.29) is 28.4 Å². The van der Waals surface area contributed by atoms with Gasteiger partial charge >= 0.3 is 0 Å². The molecule has 1 fully saturated rings. The summed E-state index contributed by atoms with van der Waals surface area (Å²) in [4.78, 5) is 14.7. The van der Waals surface area contributed by atoms with Crippen molar-refractivity contribution in [2.45, 2.75) is 71.0 Å². The quantitative estimate of drug-likeness (QED) is 0.528. The third-order valence-corrected chi connectivity index (χ3v) is 9.86. The molecule has 0 aliphatic heterocycles. The smallest absolute Gasteiger partial charge is 0.248 e. The SMILES string of the molecule is CC1(C)C=C2C=C3CC(O)CCC3CC[C@]2(O)C2CC=C(c3ccc4c[nH]c(=O)cc4c3)C21C. The molecule has 6 rings (SSSR count). The van der Waals surface area contributed by atoms with Crippen LogP contribution in [0.1, 0.15) is 64.9 Å². The minimum atomic E-state index is -0.869. The average molecular weight is 458 g/mol. The highest BCUT2D eigenvalue weighted by atomic mass is 16.3. The summed E-state index contributed by atoms with van der Waals surface area (Å²) in [6.45, 7) is 6.93. The fraction of sp³-hybridized carbons (Fsp3) is 0.500. The van der Waals surface area contributed by atoms with E-state index in [1.54, 1.807) is 12.3 Å². The molecule has 5 atom stereocenters. The summed E-state index contributed by atoms with van der Waals surface area (Å²) >= 11 is 0. The standard InChI is InChI=1S/C30H35NO3/c1-28(2)16-23-13-22-14-24(32)7-6-18(22)10-11-30(23,34)26-9-8-25(29(26,28)3)19-4-5-20-17-31-27(33)15-21(20)12-19/h4-5,8,12-13,15-18,24,26,32,34H,6-7,9-11,14H2,1-3H3,(H,31,33)/t18?,24?,26?,29?,30-/m1/s1.